The summed E-state index contributed by atoms with van der Waals surface area (Å²) < 4.78 is 0. The summed E-state index contributed by atoms with van der Waals surface area (Å²) in [5.74, 6) is 2.75. The summed E-state index contributed by atoms with van der Waals surface area (Å²) in [7, 11) is 0. The van der Waals surface area contributed by atoms with E-state index in [2.05, 4.69) is 11.2 Å². The van der Waals surface area contributed by atoms with Gasteiger partial charge < -0.3 is 10.2 Å². The molecule has 1 fully saturated rings. The average Bonchev–Trinajstić information content (AvgIpc) is 2.31. The van der Waals surface area contributed by atoms with Crippen LogP contribution in [0.1, 0.15) is 40.5 Å². The minimum absolute atomic E-state index is 0.0550. The Morgan fingerprint density at radius 1 is 1.39 bits per heavy atom. The molecule has 4 nitrogen and oxygen atoms in total. The maximum absolute atomic E-state index is 12.4. The second kappa shape index (κ2) is 5.90. The molecule has 1 saturated heterocycles. The van der Waals surface area contributed by atoms with Gasteiger partial charge in [-0.2, -0.15) is 0 Å². The first kappa shape index (κ1) is 14.6. The monoisotopic (exact) mass is 250 g/mol. The van der Waals surface area contributed by atoms with Crippen LogP contribution in [0.4, 0.5) is 0 Å². The molecule has 0 spiro atoms. The smallest absolute Gasteiger partial charge is 0.246 e. The molecule has 0 bridgehead atoms. The molecular formula is C14H22N2O2. The molecule has 4 heteroatoms. The predicted molar refractivity (Wildman–Crippen MR) is 70.6 cm³/mol. The molecule has 1 heterocycles. The van der Waals surface area contributed by atoms with Crippen LogP contribution in [-0.2, 0) is 9.59 Å². The fourth-order valence-corrected chi connectivity index (χ4v) is 2.34. The molecule has 100 valence electrons. The molecule has 0 aromatic rings. The first-order valence-corrected chi connectivity index (χ1v) is 6.51. The zero-order valence-corrected chi connectivity index (χ0v) is 11.6. The summed E-state index contributed by atoms with van der Waals surface area (Å²) >= 11 is 0. The molecule has 1 aliphatic heterocycles. The maximum atomic E-state index is 12.4. The highest BCUT2D eigenvalue weighted by Crippen LogP contribution is 2.19. The number of hydrogen-bond acceptors (Lipinski definition) is 2. The zero-order chi connectivity index (χ0) is 13.9. The van der Waals surface area contributed by atoms with E-state index in [4.69, 9.17) is 6.42 Å². The van der Waals surface area contributed by atoms with E-state index in [1.54, 1.807) is 11.8 Å². The lowest BCUT2D eigenvalue weighted by atomic mass is 9.96. The van der Waals surface area contributed by atoms with Crippen molar-refractivity contribution in [2.45, 2.75) is 58.7 Å². The number of rotatable bonds is 4. The summed E-state index contributed by atoms with van der Waals surface area (Å²) in [5.41, 5.74) is 0. The van der Waals surface area contributed by atoms with E-state index >= 15 is 0 Å². The van der Waals surface area contributed by atoms with Crippen molar-refractivity contribution >= 4 is 11.8 Å². The molecule has 18 heavy (non-hydrogen) atoms. The molecule has 0 aromatic carbocycles. The summed E-state index contributed by atoms with van der Waals surface area (Å²) in [6.07, 6.45) is 6.63. The number of piperazine rings is 1. The van der Waals surface area contributed by atoms with Gasteiger partial charge in [0, 0.05) is 0 Å². The van der Waals surface area contributed by atoms with Gasteiger partial charge in [-0.15, -0.1) is 6.42 Å². The number of nitrogens with one attached hydrogen (secondary N) is 1. The highest BCUT2D eigenvalue weighted by Gasteiger charge is 2.41. The molecule has 3 atom stereocenters. The normalized spacial score (nSPS) is 25.9. The van der Waals surface area contributed by atoms with Crippen LogP contribution in [-0.4, -0.2) is 34.8 Å². The van der Waals surface area contributed by atoms with Crippen LogP contribution in [0.2, 0.25) is 0 Å². The third kappa shape index (κ3) is 2.84. The molecule has 0 aliphatic carbocycles. The van der Waals surface area contributed by atoms with E-state index in [1.165, 1.54) is 0 Å². The van der Waals surface area contributed by atoms with Crippen molar-refractivity contribution in [1.82, 2.24) is 10.2 Å². The first-order chi connectivity index (χ1) is 8.42. The topological polar surface area (TPSA) is 49.4 Å². The Balaban J connectivity index is 2.97. The van der Waals surface area contributed by atoms with Gasteiger partial charge in [0.15, 0.2) is 0 Å². The largest absolute Gasteiger partial charge is 0.342 e. The van der Waals surface area contributed by atoms with Gasteiger partial charge in [-0.25, -0.2) is 0 Å². The van der Waals surface area contributed by atoms with Crippen LogP contribution in [0.25, 0.3) is 0 Å². The number of amides is 2. The van der Waals surface area contributed by atoms with Gasteiger partial charge in [-0.1, -0.05) is 26.7 Å². The van der Waals surface area contributed by atoms with Crippen molar-refractivity contribution in [3.8, 4) is 12.3 Å². The quantitative estimate of drug-likeness (QED) is 0.761. The minimum atomic E-state index is -0.438. The maximum Gasteiger partial charge on any atom is 0.246 e. The molecule has 0 saturated carbocycles. The molecule has 3 unspecified atom stereocenters. The van der Waals surface area contributed by atoms with E-state index in [0.717, 1.165) is 0 Å². The highest BCUT2D eigenvalue weighted by atomic mass is 16.2. The van der Waals surface area contributed by atoms with Crippen LogP contribution < -0.4 is 5.32 Å². The van der Waals surface area contributed by atoms with Crippen LogP contribution in [0.15, 0.2) is 0 Å². The second-order valence-corrected chi connectivity index (χ2v) is 5.20. The lowest BCUT2D eigenvalue weighted by molar-refractivity contribution is -0.151. The van der Waals surface area contributed by atoms with Crippen molar-refractivity contribution < 1.29 is 9.59 Å². The summed E-state index contributed by atoms with van der Waals surface area (Å²) in [6.45, 7) is 7.72. The Bertz CT molecular complexity index is 370. The summed E-state index contributed by atoms with van der Waals surface area (Å²) in [6, 6.07) is -1.22. The van der Waals surface area contributed by atoms with E-state index in [-0.39, 0.29) is 17.9 Å². The number of carbonyl (C=O) groups is 2. The van der Waals surface area contributed by atoms with Crippen molar-refractivity contribution in [3.63, 3.8) is 0 Å². The van der Waals surface area contributed by atoms with Gasteiger partial charge in [0.05, 0.1) is 6.04 Å². The fraction of sp³-hybridized carbons (Fsp3) is 0.714. The van der Waals surface area contributed by atoms with Crippen LogP contribution >= 0.6 is 0 Å². The average molecular weight is 250 g/mol. The Labute approximate surface area is 109 Å². The van der Waals surface area contributed by atoms with Crippen molar-refractivity contribution in [1.29, 1.82) is 0 Å². The summed E-state index contributed by atoms with van der Waals surface area (Å²) in [5, 5.41) is 2.81. The third-order valence-corrected chi connectivity index (χ3v) is 3.26. The van der Waals surface area contributed by atoms with E-state index in [9.17, 15) is 9.59 Å². The molecule has 1 rings (SSSR count). The van der Waals surface area contributed by atoms with Crippen LogP contribution in [0.5, 0.6) is 0 Å². The standard InChI is InChI=1S/C14H22N2O2/c1-6-10(5)16-12(7-2)13(17)15-11(14(16)18)8-9(3)4/h1,9-12H,7-8H2,2-5H3,(H,15,17). The zero-order valence-electron chi connectivity index (χ0n) is 11.6. The lowest BCUT2D eigenvalue weighted by Crippen LogP contribution is -2.65. The van der Waals surface area contributed by atoms with Crippen LogP contribution in [0.3, 0.4) is 0 Å². The van der Waals surface area contributed by atoms with Crippen LogP contribution in [0, 0.1) is 18.3 Å². The third-order valence-electron chi connectivity index (χ3n) is 3.26. The first-order valence-electron chi connectivity index (χ1n) is 6.51. The summed E-state index contributed by atoms with van der Waals surface area (Å²) in [4.78, 5) is 26.0. The number of nitrogens with zero attached hydrogens (tertiary/aromatic N) is 1. The molecule has 0 radical (unpaired) electrons. The number of hydrogen-bond donors (Lipinski definition) is 1. The molecular weight excluding hydrogens is 228 g/mol. The van der Waals surface area contributed by atoms with Gasteiger partial charge >= 0.3 is 0 Å². The van der Waals surface area contributed by atoms with Crippen molar-refractivity contribution in [2.75, 3.05) is 0 Å². The number of terminal acetylenes is 1. The molecule has 2 amide bonds. The molecule has 1 aliphatic rings. The van der Waals surface area contributed by atoms with Gasteiger partial charge in [-0.3, -0.25) is 9.59 Å². The van der Waals surface area contributed by atoms with Crippen molar-refractivity contribution in [2.24, 2.45) is 5.92 Å². The minimum Gasteiger partial charge on any atom is -0.342 e. The van der Waals surface area contributed by atoms with E-state index in [1.807, 2.05) is 20.8 Å². The Kier molecular flexibility index (Phi) is 4.77. The van der Waals surface area contributed by atoms with Crippen molar-refractivity contribution in [3.05, 3.63) is 0 Å². The Morgan fingerprint density at radius 2 is 2.00 bits per heavy atom. The fourth-order valence-electron chi connectivity index (χ4n) is 2.34. The van der Waals surface area contributed by atoms with Gasteiger partial charge in [0.1, 0.15) is 12.1 Å². The lowest BCUT2D eigenvalue weighted by Gasteiger charge is -2.41. The van der Waals surface area contributed by atoms with Gasteiger partial charge in [-0.05, 0) is 25.7 Å². The van der Waals surface area contributed by atoms with E-state index in [0.29, 0.717) is 18.8 Å². The van der Waals surface area contributed by atoms with E-state index < -0.39 is 12.1 Å². The van der Waals surface area contributed by atoms with Gasteiger partial charge in [0.2, 0.25) is 11.8 Å². The highest BCUT2D eigenvalue weighted by molar-refractivity contribution is 5.97. The number of carbonyl (C=O) groups excluding carboxylic acids is 2. The second-order valence-electron chi connectivity index (χ2n) is 5.20. The SMILES string of the molecule is C#CC(C)N1C(=O)C(CC(C)C)NC(=O)C1CC. The Morgan fingerprint density at radius 3 is 2.44 bits per heavy atom. The molecule has 0 aromatic heterocycles. The molecule has 1 N–H and O–H groups in total. The predicted octanol–water partition coefficient (Wildman–Crippen LogP) is 1.16. The van der Waals surface area contributed by atoms with Gasteiger partial charge in [0.25, 0.3) is 0 Å². The Hall–Kier alpha value is -1.50.